The Bertz CT molecular complexity index is 1020. The molecule has 7 nitrogen and oxygen atoms in total. The fourth-order valence-electron chi connectivity index (χ4n) is 3.64. The molecule has 0 aliphatic carbocycles. The Morgan fingerprint density at radius 1 is 1.19 bits per heavy atom. The summed E-state index contributed by atoms with van der Waals surface area (Å²) in [7, 11) is 0. The molecule has 168 valence electrons. The lowest BCUT2D eigenvalue weighted by Crippen LogP contribution is -2.41. The van der Waals surface area contributed by atoms with E-state index in [2.05, 4.69) is 22.4 Å². The molecule has 8 heteroatoms. The molecular formula is C24H27FN4O3. The maximum Gasteiger partial charge on any atom is 0.321 e. The lowest BCUT2D eigenvalue weighted by molar-refractivity contribution is 0.187. The number of anilines is 1. The number of ether oxygens (including phenoxy) is 1. The number of hydrogen-bond acceptors (Lipinski definition) is 5. The average Bonchev–Trinajstić information content (AvgIpc) is 3.31. The number of urea groups is 1. The van der Waals surface area contributed by atoms with Gasteiger partial charge in [-0.05, 0) is 67.8 Å². The highest BCUT2D eigenvalue weighted by atomic mass is 19.1. The summed E-state index contributed by atoms with van der Waals surface area (Å²) in [5, 5.41) is 11.2. The van der Waals surface area contributed by atoms with E-state index in [1.165, 1.54) is 12.1 Å². The van der Waals surface area contributed by atoms with Gasteiger partial charge in [0.2, 0.25) is 11.8 Å². The molecule has 0 spiro atoms. The van der Waals surface area contributed by atoms with E-state index >= 15 is 0 Å². The Morgan fingerprint density at radius 3 is 2.72 bits per heavy atom. The van der Waals surface area contributed by atoms with Crippen LogP contribution in [-0.2, 0) is 0 Å². The van der Waals surface area contributed by atoms with Gasteiger partial charge in [-0.3, -0.25) is 0 Å². The molecule has 32 heavy (non-hydrogen) atoms. The Morgan fingerprint density at radius 2 is 1.97 bits per heavy atom. The van der Waals surface area contributed by atoms with E-state index in [1.54, 1.807) is 17.0 Å². The Labute approximate surface area is 186 Å². The fraction of sp³-hybridized carbons (Fsp3) is 0.375. The molecule has 2 aromatic carbocycles. The van der Waals surface area contributed by atoms with Crippen LogP contribution in [0, 0.1) is 5.82 Å². The maximum atomic E-state index is 13.1. The minimum absolute atomic E-state index is 0.0365. The van der Waals surface area contributed by atoms with Gasteiger partial charge in [0.25, 0.3) is 0 Å². The van der Waals surface area contributed by atoms with Gasteiger partial charge < -0.3 is 19.4 Å². The monoisotopic (exact) mass is 438 g/mol. The van der Waals surface area contributed by atoms with E-state index in [9.17, 15) is 9.18 Å². The number of halogens is 1. The van der Waals surface area contributed by atoms with Crippen LogP contribution in [0.4, 0.5) is 14.9 Å². The molecule has 3 aromatic rings. The lowest BCUT2D eigenvalue weighted by atomic mass is 9.98. The molecule has 1 aromatic heterocycles. The fourth-order valence-corrected chi connectivity index (χ4v) is 3.64. The van der Waals surface area contributed by atoms with Crippen LogP contribution >= 0.6 is 0 Å². The normalized spacial score (nSPS) is 16.1. The van der Waals surface area contributed by atoms with Gasteiger partial charge >= 0.3 is 6.03 Å². The lowest BCUT2D eigenvalue weighted by Gasteiger charge is -2.31. The highest BCUT2D eigenvalue weighted by Gasteiger charge is 2.28. The number of benzene rings is 2. The van der Waals surface area contributed by atoms with Crippen molar-refractivity contribution in [2.75, 3.05) is 25.0 Å². The highest BCUT2D eigenvalue weighted by molar-refractivity contribution is 5.89. The number of aromatic nitrogens is 2. The summed E-state index contributed by atoms with van der Waals surface area (Å²) >= 11 is 0. The minimum atomic E-state index is -0.318. The number of amides is 2. The first kappa shape index (κ1) is 21.8. The molecular weight excluding hydrogens is 411 g/mol. The van der Waals surface area contributed by atoms with Gasteiger partial charge in [-0.25, -0.2) is 9.18 Å². The van der Waals surface area contributed by atoms with Crippen LogP contribution in [0.3, 0.4) is 0 Å². The van der Waals surface area contributed by atoms with Crippen LogP contribution in [0.2, 0.25) is 0 Å². The Hall–Kier alpha value is -3.42. The second-order valence-electron chi connectivity index (χ2n) is 7.89. The first-order chi connectivity index (χ1) is 15.6. The van der Waals surface area contributed by atoms with Crippen molar-refractivity contribution in [3.05, 3.63) is 60.2 Å². The number of hydrogen-bond donors (Lipinski definition) is 1. The topological polar surface area (TPSA) is 80.5 Å². The van der Waals surface area contributed by atoms with Crippen molar-refractivity contribution in [2.45, 2.75) is 38.5 Å². The molecule has 1 unspecified atom stereocenters. The number of piperidine rings is 1. The number of carbonyl (C=O) groups is 1. The van der Waals surface area contributed by atoms with Crippen LogP contribution in [-0.4, -0.2) is 40.8 Å². The first-order valence-electron chi connectivity index (χ1n) is 11.0. The molecule has 0 saturated carbocycles. The molecule has 1 N–H and O–H groups in total. The van der Waals surface area contributed by atoms with Crippen molar-refractivity contribution in [1.82, 2.24) is 15.1 Å². The summed E-state index contributed by atoms with van der Waals surface area (Å²) in [6.45, 7) is 3.97. The molecule has 4 rings (SSSR count). The van der Waals surface area contributed by atoms with Gasteiger partial charge in [-0.15, -0.1) is 10.2 Å². The van der Waals surface area contributed by atoms with Gasteiger partial charge in [-0.2, -0.15) is 0 Å². The molecule has 1 aliphatic heterocycles. The van der Waals surface area contributed by atoms with Gasteiger partial charge in [-0.1, -0.05) is 13.3 Å². The third-order valence-corrected chi connectivity index (χ3v) is 5.46. The predicted molar refractivity (Wildman–Crippen MR) is 119 cm³/mol. The van der Waals surface area contributed by atoms with E-state index in [4.69, 9.17) is 9.15 Å². The van der Waals surface area contributed by atoms with E-state index < -0.39 is 0 Å². The third kappa shape index (κ3) is 5.43. The molecule has 0 radical (unpaired) electrons. The molecule has 1 saturated heterocycles. The van der Waals surface area contributed by atoms with Crippen molar-refractivity contribution in [1.29, 1.82) is 0 Å². The highest BCUT2D eigenvalue weighted by Crippen LogP contribution is 2.29. The minimum Gasteiger partial charge on any atom is -0.494 e. The summed E-state index contributed by atoms with van der Waals surface area (Å²) in [5.74, 6) is 1.28. The smallest absolute Gasteiger partial charge is 0.321 e. The molecule has 1 aliphatic rings. The van der Waals surface area contributed by atoms with Crippen molar-refractivity contribution in [3.63, 3.8) is 0 Å². The Kier molecular flexibility index (Phi) is 6.99. The maximum absolute atomic E-state index is 13.1. The van der Waals surface area contributed by atoms with Gasteiger partial charge in [0.05, 0.1) is 12.5 Å². The number of unbranched alkanes of at least 4 members (excludes halogenated alkanes) is 1. The zero-order valence-corrected chi connectivity index (χ0v) is 18.1. The summed E-state index contributed by atoms with van der Waals surface area (Å²) in [6, 6.07) is 13.2. The summed E-state index contributed by atoms with van der Waals surface area (Å²) in [5.41, 5.74) is 1.38. The second-order valence-corrected chi connectivity index (χ2v) is 7.89. The van der Waals surface area contributed by atoms with E-state index in [0.717, 1.165) is 37.1 Å². The third-order valence-electron chi connectivity index (χ3n) is 5.46. The summed E-state index contributed by atoms with van der Waals surface area (Å²) < 4.78 is 24.6. The van der Waals surface area contributed by atoms with Gasteiger partial charge in [0.1, 0.15) is 11.6 Å². The number of nitrogens with zero attached hydrogens (tertiary/aromatic N) is 3. The van der Waals surface area contributed by atoms with Crippen molar-refractivity contribution in [3.8, 4) is 17.2 Å². The quantitative estimate of drug-likeness (QED) is 0.495. The molecule has 0 bridgehead atoms. The van der Waals surface area contributed by atoms with E-state index in [1.807, 2.05) is 24.3 Å². The van der Waals surface area contributed by atoms with Crippen molar-refractivity contribution in [2.24, 2.45) is 0 Å². The average molecular weight is 439 g/mol. The number of likely N-dealkylation sites (tertiary alicyclic amines) is 1. The molecule has 2 heterocycles. The van der Waals surface area contributed by atoms with Crippen molar-refractivity contribution < 1.29 is 18.3 Å². The standard InChI is InChI=1S/C24H27FN4O3/c1-2-3-15-31-21-12-10-20(11-13-21)26-24(30)29-14-4-5-18(16-29)23-28-27-22(32-23)17-6-8-19(25)9-7-17/h6-13,18H,2-5,14-16H2,1H3,(H,26,30). The van der Waals surface area contributed by atoms with E-state index in [-0.39, 0.29) is 17.8 Å². The van der Waals surface area contributed by atoms with Crippen LogP contribution in [0.15, 0.2) is 52.9 Å². The number of rotatable bonds is 7. The number of carbonyl (C=O) groups excluding carboxylic acids is 1. The first-order valence-corrected chi connectivity index (χ1v) is 11.0. The summed E-state index contributed by atoms with van der Waals surface area (Å²) in [6.07, 6.45) is 3.80. The SMILES string of the molecule is CCCCOc1ccc(NC(=O)N2CCCC(c3nnc(-c4ccc(F)cc4)o3)C2)cc1. The molecule has 1 fully saturated rings. The van der Waals surface area contributed by atoms with Crippen LogP contribution in [0.1, 0.15) is 44.4 Å². The predicted octanol–water partition coefficient (Wildman–Crippen LogP) is 5.47. The second kappa shape index (κ2) is 10.3. The zero-order valence-electron chi connectivity index (χ0n) is 18.1. The zero-order chi connectivity index (χ0) is 22.3. The van der Waals surface area contributed by atoms with E-state index in [0.29, 0.717) is 37.0 Å². The largest absolute Gasteiger partial charge is 0.494 e. The number of nitrogens with one attached hydrogen (secondary N) is 1. The summed E-state index contributed by atoms with van der Waals surface area (Å²) in [4.78, 5) is 14.5. The van der Waals surface area contributed by atoms with Crippen LogP contribution in [0.25, 0.3) is 11.5 Å². The van der Waals surface area contributed by atoms with Crippen LogP contribution < -0.4 is 10.1 Å². The Balaban J connectivity index is 1.34. The molecule has 2 amide bonds. The molecule has 1 atom stereocenters. The van der Waals surface area contributed by atoms with Gasteiger partial charge in [0, 0.05) is 24.3 Å². The van der Waals surface area contributed by atoms with Crippen LogP contribution in [0.5, 0.6) is 5.75 Å². The van der Waals surface area contributed by atoms with Gasteiger partial charge in [0.15, 0.2) is 0 Å². The van der Waals surface area contributed by atoms with Crippen molar-refractivity contribution >= 4 is 11.7 Å².